The number of amides is 1. The molecule has 1 N–H and O–H groups in total. The van der Waals surface area contributed by atoms with Crippen LogP contribution >= 0.6 is 0 Å². The first kappa shape index (κ1) is 15.2. The van der Waals surface area contributed by atoms with Crippen LogP contribution in [0.4, 0.5) is 10.1 Å². The number of carbonyl (C=O) groups is 1. The highest BCUT2D eigenvalue weighted by Gasteiger charge is 2.08. The Bertz CT molecular complexity index is 870. The van der Waals surface area contributed by atoms with E-state index in [-0.39, 0.29) is 11.7 Å². The summed E-state index contributed by atoms with van der Waals surface area (Å²) in [6.45, 7) is 4.64. The molecule has 3 rings (SSSR count). The van der Waals surface area contributed by atoms with Crippen LogP contribution in [0.5, 0.6) is 0 Å². The summed E-state index contributed by atoms with van der Waals surface area (Å²) in [7, 11) is 0. The van der Waals surface area contributed by atoms with E-state index in [4.69, 9.17) is 0 Å². The molecule has 2 aromatic carbocycles. The molecule has 5 heteroatoms. The molecule has 0 saturated carbocycles. The average molecular weight is 311 g/mol. The smallest absolute Gasteiger partial charge is 0.226 e. The standard InChI is InChI=1S/C18H18FN3O/c1-12-8-16-17(9-13(12)2)22(11-20-16)7-6-18(23)21-15-5-3-4-14(19)10-15/h3-5,8-11H,6-7H2,1-2H3,(H,21,23). The van der Waals surface area contributed by atoms with Crippen LogP contribution in [0.15, 0.2) is 42.7 Å². The highest BCUT2D eigenvalue weighted by molar-refractivity contribution is 5.90. The van der Waals surface area contributed by atoms with Crippen LogP contribution in [0.2, 0.25) is 0 Å². The van der Waals surface area contributed by atoms with E-state index in [1.165, 1.54) is 23.3 Å². The van der Waals surface area contributed by atoms with E-state index < -0.39 is 0 Å². The lowest BCUT2D eigenvalue weighted by Crippen LogP contribution is -2.14. The van der Waals surface area contributed by atoms with Crippen LogP contribution in [0, 0.1) is 19.7 Å². The number of nitrogens with zero attached hydrogens (tertiary/aromatic N) is 2. The zero-order valence-electron chi connectivity index (χ0n) is 13.1. The van der Waals surface area contributed by atoms with Gasteiger partial charge in [-0.15, -0.1) is 0 Å². The summed E-state index contributed by atoms with van der Waals surface area (Å²) in [5, 5.41) is 2.70. The van der Waals surface area contributed by atoms with Crippen molar-refractivity contribution < 1.29 is 9.18 Å². The normalized spacial score (nSPS) is 10.9. The summed E-state index contributed by atoms with van der Waals surface area (Å²) in [6.07, 6.45) is 2.05. The zero-order valence-corrected chi connectivity index (χ0v) is 13.1. The van der Waals surface area contributed by atoms with Crippen LogP contribution in [-0.2, 0) is 11.3 Å². The zero-order chi connectivity index (χ0) is 16.4. The van der Waals surface area contributed by atoms with Crippen LogP contribution in [0.25, 0.3) is 11.0 Å². The molecular formula is C18H18FN3O. The molecule has 1 amide bonds. The minimum atomic E-state index is -0.366. The lowest BCUT2D eigenvalue weighted by atomic mass is 10.1. The number of aromatic nitrogens is 2. The second kappa shape index (κ2) is 6.20. The van der Waals surface area contributed by atoms with Gasteiger partial charge >= 0.3 is 0 Å². The molecule has 0 atom stereocenters. The monoisotopic (exact) mass is 311 g/mol. The Labute approximate surface area is 134 Å². The summed E-state index contributed by atoms with van der Waals surface area (Å²) in [5.41, 5.74) is 4.82. The van der Waals surface area contributed by atoms with E-state index in [9.17, 15) is 9.18 Å². The van der Waals surface area contributed by atoms with Gasteiger partial charge in [-0.05, 0) is 55.3 Å². The SMILES string of the molecule is Cc1cc2ncn(CCC(=O)Nc3cccc(F)c3)c2cc1C. The number of carbonyl (C=O) groups excluding carboxylic acids is 1. The third kappa shape index (κ3) is 3.39. The predicted octanol–water partition coefficient (Wildman–Crippen LogP) is 3.82. The van der Waals surface area contributed by atoms with Crippen molar-refractivity contribution in [3.05, 3.63) is 59.7 Å². The second-order valence-electron chi connectivity index (χ2n) is 5.67. The summed E-state index contributed by atoms with van der Waals surface area (Å²) in [4.78, 5) is 16.4. The first-order chi connectivity index (χ1) is 11.0. The van der Waals surface area contributed by atoms with Crippen molar-refractivity contribution in [2.45, 2.75) is 26.8 Å². The fraction of sp³-hybridized carbons (Fsp3) is 0.222. The van der Waals surface area contributed by atoms with E-state index in [2.05, 4.69) is 30.2 Å². The van der Waals surface area contributed by atoms with Gasteiger partial charge < -0.3 is 9.88 Å². The van der Waals surface area contributed by atoms with Gasteiger partial charge in [0.1, 0.15) is 5.82 Å². The Balaban J connectivity index is 1.68. The van der Waals surface area contributed by atoms with Crippen molar-refractivity contribution in [1.29, 1.82) is 0 Å². The molecule has 0 saturated heterocycles. The number of halogens is 1. The van der Waals surface area contributed by atoms with Gasteiger partial charge in [-0.3, -0.25) is 4.79 Å². The van der Waals surface area contributed by atoms with Crippen molar-refractivity contribution >= 4 is 22.6 Å². The number of anilines is 1. The number of imidazole rings is 1. The topological polar surface area (TPSA) is 46.9 Å². The molecule has 0 fully saturated rings. The average Bonchev–Trinajstić information content (AvgIpc) is 2.88. The van der Waals surface area contributed by atoms with Crippen molar-refractivity contribution in [3.8, 4) is 0 Å². The Morgan fingerprint density at radius 3 is 2.78 bits per heavy atom. The highest BCUT2D eigenvalue weighted by atomic mass is 19.1. The fourth-order valence-corrected chi connectivity index (χ4v) is 2.50. The summed E-state index contributed by atoms with van der Waals surface area (Å²) >= 11 is 0. The van der Waals surface area contributed by atoms with Crippen molar-refractivity contribution in [2.24, 2.45) is 0 Å². The maximum absolute atomic E-state index is 13.1. The van der Waals surface area contributed by atoms with Crippen molar-refractivity contribution in [3.63, 3.8) is 0 Å². The predicted molar refractivity (Wildman–Crippen MR) is 88.9 cm³/mol. The van der Waals surface area contributed by atoms with Gasteiger partial charge in [0, 0.05) is 18.7 Å². The summed E-state index contributed by atoms with van der Waals surface area (Å²) in [5.74, 6) is -0.518. The first-order valence-electron chi connectivity index (χ1n) is 7.50. The number of benzene rings is 2. The quantitative estimate of drug-likeness (QED) is 0.796. The number of hydrogen-bond acceptors (Lipinski definition) is 2. The maximum atomic E-state index is 13.1. The Hall–Kier alpha value is -2.69. The first-order valence-corrected chi connectivity index (χ1v) is 7.50. The molecule has 0 unspecified atom stereocenters. The molecule has 0 bridgehead atoms. The van der Waals surface area contributed by atoms with E-state index in [0.29, 0.717) is 18.7 Å². The molecule has 0 spiro atoms. The van der Waals surface area contributed by atoms with Crippen LogP contribution in [0.3, 0.4) is 0 Å². The van der Waals surface area contributed by atoms with Crippen LogP contribution in [-0.4, -0.2) is 15.5 Å². The summed E-state index contributed by atoms with van der Waals surface area (Å²) in [6, 6.07) is 10.0. The number of nitrogens with one attached hydrogen (secondary N) is 1. The molecule has 1 heterocycles. The van der Waals surface area contributed by atoms with Crippen LogP contribution < -0.4 is 5.32 Å². The minimum Gasteiger partial charge on any atom is -0.330 e. The molecule has 0 aliphatic heterocycles. The molecule has 23 heavy (non-hydrogen) atoms. The second-order valence-corrected chi connectivity index (χ2v) is 5.67. The Morgan fingerprint density at radius 1 is 1.22 bits per heavy atom. The molecule has 118 valence electrons. The Morgan fingerprint density at radius 2 is 2.00 bits per heavy atom. The number of rotatable bonds is 4. The van der Waals surface area contributed by atoms with Gasteiger partial charge in [0.2, 0.25) is 5.91 Å². The van der Waals surface area contributed by atoms with E-state index in [1.54, 1.807) is 18.5 Å². The number of fused-ring (bicyclic) bond motifs is 1. The molecular weight excluding hydrogens is 293 g/mol. The van der Waals surface area contributed by atoms with Gasteiger partial charge in [-0.2, -0.15) is 0 Å². The molecule has 3 aromatic rings. The van der Waals surface area contributed by atoms with Gasteiger partial charge in [0.25, 0.3) is 0 Å². The summed E-state index contributed by atoms with van der Waals surface area (Å²) < 4.78 is 15.1. The lowest BCUT2D eigenvalue weighted by molar-refractivity contribution is -0.116. The third-order valence-corrected chi connectivity index (χ3v) is 3.92. The minimum absolute atomic E-state index is 0.152. The van der Waals surface area contributed by atoms with Gasteiger partial charge in [0.05, 0.1) is 17.4 Å². The molecule has 0 aliphatic rings. The van der Waals surface area contributed by atoms with E-state index in [0.717, 1.165) is 11.0 Å². The maximum Gasteiger partial charge on any atom is 0.226 e. The molecule has 0 radical (unpaired) electrons. The number of hydrogen-bond donors (Lipinski definition) is 1. The molecule has 4 nitrogen and oxygen atoms in total. The van der Waals surface area contributed by atoms with Crippen molar-refractivity contribution in [2.75, 3.05) is 5.32 Å². The van der Waals surface area contributed by atoms with Crippen molar-refractivity contribution in [1.82, 2.24) is 9.55 Å². The van der Waals surface area contributed by atoms with Gasteiger partial charge in [-0.1, -0.05) is 6.07 Å². The largest absolute Gasteiger partial charge is 0.330 e. The Kier molecular flexibility index (Phi) is 4.10. The highest BCUT2D eigenvalue weighted by Crippen LogP contribution is 2.18. The molecule has 0 aliphatic carbocycles. The lowest BCUT2D eigenvalue weighted by Gasteiger charge is -2.07. The van der Waals surface area contributed by atoms with Crippen LogP contribution in [0.1, 0.15) is 17.5 Å². The fourth-order valence-electron chi connectivity index (χ4n) is 2.50. The molecule has 1 aromatic heterocycles. The van der Waals surface area contributed by atoms with E-state index in [1.807, 2.05) is 10.6 Å². The number of aryl methyl sites for hydroxylation is 3. The third-order valence-electron chi connectivity index (χ3n) is 3.92. The van der Waals surface area contributed by atoms with Gasteiger partial charge in [-0.25, -0.2) is 9.37 Å². The van der Waals surface area contributed by atoms with Gasteiger partial charge in [0.15, 0.2) is 0 Å². The van der Waals surface area contributed by atoms with E-state index >= 15 is 0 Å².